The van der Waals surface area contributed by atoms with Crippen LogP contribution in [0.25, 0.3) is 0 Å². The van der Waals surface area contributed by atoms with Crippen molar-refractivity contribution in [2.45, 2.75) is 142 Å². The fourth-order valence-corrected chi connectivity index (χ4v) is 4.31. The third-order valence-corrected chi connectivity index (χ3v) is 6.11. The highest BCUT2D eigenvalue weighted by atomic mass is 32.3. The molecule has 5 nitrogen and oxygen atoms in total. The first kappa shape index (κ1) is 29.8. The summed E-state index contributed by atoms with van der Waals surface area (Å²) in [7, 11) is -4.38. The van der Waals surface area contributed by atoms with E-state index >= 15 is 0 Å². The van der Waals surface area contributed by atoms with E-state index in [1.807, 2.05) is 0 Å². The van der Waals surface area contributed by atoms with Crippen molar-refractivity contribution in [3.05, 3.63) is 0 Å². The number of rotatable bonds is 24. The van der Waals surface area contributed by atoms with Gasteiger partial charge in [-0.1, -0.05) is 110 Å². The van der Waals surface area contributed by atoms with Crippen LogP contribution in [-0.2, 0) is 19.3 Å². The monoisotopic (exact) mass is 450 g/mol. The number of hydrogen-bond acceptors (Lipinski definition) is 4. The van der Waals surface area contributed by atoms with Crippen LogP contribution in [0.3, 0.4) is 0 Å². The highest BCUT2D eigenvalue weighted by molar-refractivity contribution is 7.80. The molecule has 6 heteroatoms. The summed E-state index contributed by atoms with van der Waals surface area (Å²) in [4.78, 5) is 0. The molecule has 1 unspecified atom stereocenters. The van der Waals surface area contributed by atoms with E-state index in [2.05, 4.69) is 13.8 Å². The second kappa shape index (κ2) is 22.0. The molecule has 0 saturated heterocycles. The van der Waals surface area contributed by atoms with Crippen molar-refractivity contribution in [3.63, 3.8) is 0 Å². The summed E-state index contributed by atoms with van der Waals surface area (Å²) >= 11 is 0. The Bertz CT molecular complexity index is 439. The molecule has 0 aromatic rings. The third-order valence-electron chi connectivity index (χ3n) is 5.59. The van der Waals surface area contributed by atoms with Gasteiger partial charge in [-0.05, 0) is 25.7 Å². The number of ether oxygens (including phenoxy) is 1. The molecule has 0 aliphatic rings. The van der Waals surface area contributed by atoms with Crippen LogP contribution in [0.1, 0.15) is 136 Å². The average molecular weight is 451 g/mol. The Labute approximate surface area is 187 Å². The van der Waals surface area contributed by atoms with Gasteiger partial charge in [0.15, 0.2) is 0 Å². The van der Waals surface area contributed by atoms with Gasteiger partial charge in [-0.25, -0.2) is 4.18 Å². The van der Waals surface area contributed by atoms with Crippen LogP contribution in [0.15, 0.2) is 0 Å². The van der Waals surface area contributed by atoms with Gasteiger partial charge in [0, 0.05) is 13.2 Å². The maximum atomic E-state index is 11.1. The molecule has 0 aliphatic carbocycles. The molecule has 30 heavy (non-hydrogen) atoms. The Morgan fingerprint density at radius 1 is 0.600 bits per heavy atom. The minimum Gasteiger partial charge on any atom is -0.381 e. The minimum absolute atomic E-state index is 0.438. The molecule has 0 heterocycles. The van der Waals surface area contributed by atoms with Crippen molar-refractivity contribution in [2.75, 3.05) is 13.2 Å². The largest absolute Gasteiger partial charge is 0.397 e. The summed E-state index contributed by atoms with van der Waals surface area (Å²) in [5.41, 5.74) is 0. The van der Waals surface area contributed by atoms with Gasteiger partial charge in [-0.2, -0.15) is 8.42 Å². The second-order valence-electron chi connectivity index (χ2n) is 8.64. The van der Waals surface area contributed by atoms with Gasteiger partial charge in [0.1, 0.15) is 0 Å². The van der Waals surface area contributed by atoms with Crippen molar-refractivity contribution in [3.8, 4) is 0 Å². The smallest absolute Gasteiger partial charge is 0.381 e. The lowest BCUT2D eigenvalue weighted by molar-refractivity contribution is 0.105. The van der Waals surface area contributed by atoms with Gasteiger partial charge in [0.2, 0.25) is 0 Å². The van der Waals surface area contributed by atoms with Gasteiger partial charge in [-0.3, -0.25) is 4.55 Å². The summed E-state index contributed by atoms with van der Waals surface area (Å²) in [5.74, 6) is 0. The van der Waals surface area contributed by atoms with E-state index in [0.717, 1.165) is 32.3 Å². The van der Waals surface area contributed by atoms with E-state index < -0.39 is 16.5 Å². The van der Waals surface area contributed by atoms with Gasteiger partial charge >= 0.3 is 10.4 Å². The molecule has 0 saturated carbocycles. The molecule has 0 aromatic heterocycles. The highest BCUT2D eigenvalue weighted by Crippen LogP contribution is 2.16. The van der Waals surface area contributed by atoms with E-state index in [0.29, 0.717) is 19.4 Å². The molecule has 0 radical (unpaired) electrons. The van der Waals surface area contributed by atoms with Crippen LogP contribution in [0.2, 0.25) is 0 Å². The number of hydrogen-bond donors (Lipinski definition) is 1. The number of unbranched alkanes of at least 4 members (excludes halogenated alkanes) is 14. The van der Waals surface area contributed by atoms with Crippen LogP contribution in [-0.4, -0.2) is 32.3 Å². The Morgan fingerprint density at radius 2 is 1.00 bits per heavy atom. The van der Waals surface area contributed by atoms with Gasteiger partial charge in [0.05, 0.1) is 6.10 Å². The Balaban J connectivity index is 3.61. The Hall–Kier alpha value is -0.170. The minimum atomic E-state index is -4.38. The van der Waals surface area contributed by atoms with Crippen LogP contribution < -0.4 is 0 Å². The summed E-state index contributed by atoms with van der Waals surface area (Å²) in [5, 5.41) is 0. The van der Waals surface area contributed by atoms with Crippen molar-refractivity contribution < 1.29 is 21.9 Å². The molecule has 1 atom stereocenters. The zero-order valence-corrected chi connectivity index (χ0v) is 20.7. The molecule has 0 rings (SSSR count). The zero-order chi connectivity index (χ0) is 22.3. The van der Waals surface area contributed by atoms with Crippen molar-refractivity contribution in [1.29, 1.82) is 0 Å². The molecule has 0 bridgehead atoms. The van der Waals surface area contributed by atoms with E-state index in [1.165, 1.54) is 83.5 Å². The van der Waals surface area contributed by atoms with Crippen molar-refractivity contribution >= 4 is 10.4 Å². The predicted molar refractivity (Wildman–Crippen MR) is 126 cm³/mol. The fraction of sp³-hybridized carbons (Fsp3) is 1.00. The summed E-state index contributed by atoms with van der Waals surface area (Å²) in [6, 6.07) is 0. The lowest BCUT2D eigenvalue weighted by atomic mass is 10.0. The Morgan fingerprint density at radius 3 is 1.50 bits per heavy atom. The third kappa shape index (κ3) is 24.1. The van der Waals surface area contributed by atoms with Gasteiger partial charge in [-0.15, -0.1) is 0 Å². The SMILES string of the molecule is CCCCCCCCCCCCOCCCC(CCCCCCCC)OS(=O)(=O)O. The molecule has 0 fully saturated rings. The zero-order valence-electron chi connectivity index (χ0n) is 19.9. The van der Waals surface area contributed by atoms with E-state index in [1.54, 1.807) is 0 Å². The molecule has 1 N–H and O–H groups in total. The standard InChI is InChI=1S/C24H50O5S/c1-3-5-7-9-11-12-13-14-16-18-22-28-23-19-21-24(29-30(25,26)27)20-17-15-10-8-6-4-2/h24H,3-23H2,1-2H3,(H,25,26,27). The first-order valence-corrected chi connectivity index (χ1v) is 14.1. The first-order valence-electron chi connectivity index (χ1n) is 12.7. The average Bonchev–Trinajstić information content (AvgIpc) is 2.69. The maximum absolute atomic E-state index is 11.1. The van der Waals surface area contributed by atoms with E-state index in [4.69, 9.17) is 13.5 Å². The maximum Gasteiger partial charge on any atom is 0.397 e. The summed E-state index contributed by atoms with van der Waals surface area (Å²) in [6.45, 7) is 5.84. The fourth-order valence-electron chi connectivity index (χ4n) is 3.77. The van der Waals surface area contributed by atoms with Crippen molar-refractivity contribution in [1.82, 2.24) is 0 Å². The lowest BCUT2D eigenvalue weighted by Gasteiger charge is -2.15. The first-order chi connectivity index (χ1) is 14.5. The van der Waals surface area contributed by atoms with E-state index in [9.17, 15) is 8.42 Å². The summed E-state index contributed by atoms with van der Waals surface area (Å²) in [6.07, 6.45) is 21.6. The quantitative estimate of drug-likeness (QED) is 0.121. The summed E-state index contributed by atoms with van der Waals surface area (Å²) < 4.78 is 41.7. The molecular weight excluding hydrogens is 400 g/mol. The molecule has 0 aromatic carbocycles. The normalized spacial score (nSPS) is 13.0. The highest BCUT2D eigenvalue weighted by Gasteiger charge is 2.16. The van der Waals surface area contributed by atoms with E-state index in [-0.39, 0.29) is 0 Å². The van der Waals surface area contributed by atoms with Crippen LogP contribution >= 0.6 is 0 Å². The lowest BCUT2D eigenvalue weighted by Crippen LogP contribution is -2.18. The van der Waals surface area contributed by atoms with Crippen LogP contribution in [0.4, 0.5) is 0 Å². The molecule has 0 aliphatic heterocycles. The van der Waals surface area contributed by atoms with Crippen LogP contribution in [0, 0.1) is 0 Å². The van der Waals surface area contributed by atoms with Crippen LogP contribution in [0.5, 0.6) is 0 Å². The topological polar surface area (TPSA) is 72.8 Å². The van der Waals surface area contributed by atoms with Gasteiger partial charge in [0.25, 0.3) is 0 Å². The van der Waals surface area contributed by atoms with Gasteiger partial charge < -0.3 is 4.74 Å². The molecule has 0 spiro atoms. The Kier molecular flexibility index (Phi) is 21.9. The molecule has 0 amide bonds. The second-order valence-corrected chi connectivity index (χ2v) is 9.69. The van der Waals surface area contributed by atoms with Crippen molar-refractivity contribution in [2.24, 2.45) is 0 Å². The molecule has 182 valence electrons. The predicted octanol–water partition coefficient (Wildman–Crippen LogP) is 7.64. The molecular formula is C24H50O5S.